The second-order valence-electron chi connectivity index (χ2n) is 2.38. The van der Waals surface area contributed by atoms with E-state index in [1.54, 1.807) is 12.3 Å². The quantitative estimate of drug-likeness (QED) is 0.703. The Balaban J connectivity index is 0.000000720. The van der Waals surface area contributed by atoms with Crippen molar-refractivity contribution in [2.75, 3.05) is 0 Å². The Morgan fingerprint density at radius 1 is 1.08 bits per heavy atom. The fourth-order valence-corrected chi connectivity index (χ4v) is 1.10. The molecule has 0 amide bonds. The van der Waals surface area contributed by atoms with Crippen LogP contribution >= 0.6 is 0 Å². The van der Waals surface area contributed by atoms with Gasteiger partial charge < -0.3 is 5.73 Å². The summed E-state index contributed by atoms with van der Waals surface area (Å²) in [4.78, 5) is 4.09. The standard InChI is InChI=1S/C9H7N2.Ac/c10-8-5-1-3-7-4-2-6-11-9(7)8;/h1-6,10H;/q-1;. The number of nitrogens with zero attached hydrogens (tertiary/aromatic N) is 1. The van der Waals surface area contributed by atoms with Crippen molar-refractivity contribution in [3.63, 3.8) is 0 Å². The number of benzene rings is 1. The molecule has 0 fully saturated rings. The fraction of sp³-hybridized carbons (Fsp3) is 0. The minimum absolute atomic E-state index is 0. The van der Waals surface area contributed by atoms with Crippen molar-refractivity contribution in [2.24, 2.45) is 0 Å². The molecule has 0 aliphatic carbocycles. The van der Waals surface area contributed by atoms with Gasteiger partial charge in [0.25, 0.3) is 0 Å². The van der Waals surface area contributed by atoms with E-state index in [0.29, 0.717) is 5.69 Å². The number of fused-ring (bicyclic) bond motifs is 1. The third-order valence-electron chi connectivity index (χ3n) is 1.63. The molecule has 1 aromatic heterocycles. The van der Waals surface area contributed by atoms with Crippen LogP contribution in [0.4, 0.5) is 5.69 Å². The summed E-state index contributed by atoms with van der Waals surface area (Å²) in [6.07, 6.45) is 1.71. The molecular weight excluding hydrogens is 363 g/mol. The molecular formula is C9H7AcN2-. The van der Waals surface area contributed by atoms with Gasteiger partial charge in [-0.15, -0.1) is 5.69 Å². The Bertz CT molecular complexity index is 382. The SMILES string of the molecule is [Ac].[NH-]c1cccc2cccnc12. The smallest absolute Gasteiger partial charge is 0.0551 e. The van der Waals surface area contributed by atoms with Crippen molar-refractivity contribution >= 4 is 16.6 Å². The van der Waals surface area contributed by atoms with Gasteiger partial charge in [0.1, 0.15) is 0 Å². The first-order valence-electron chi connectivity index (χ1n) is 3.43. The first-order chi connectivity index (χ1) is 5.38. The van der Waals surface area contributed by atoms with Gasteiger partial charge in [-0.3, -0.25) is 4.98 Å². The molecule has 0 bridgehead atoms. The van der Waals surface area contributed by atoms with Crippen molar-refractivity contribution < 1.29 is 44.1 Å². The molecule has 0 aliphatic rings. The van der Waals surface area contributed by atoms with Crippen LogP contribution in [0.3, 0.4) is 0 Å². The molecule has 3 heteroatoms. The van der Waals surface area contributed by atoms with Crippen LogP contribution in [0.1, 0.15) is 0 Å². The Kier molecular flexibility index (Phi) is 3.49. The topological polar surface area (TPSA) is 36.7 Å². The van der Waals surface area contributed by atoms with Gasteiger partial charge >= 0.3 is 0 Å². The minimum atomic E-state index is 0. The third-order valence-corrected chi connectivity index (χ3v) is 1.63. The van der Waals surface area contributed by atoms with Gasteiger partial charge in [0.05, 0.1) is 5.52 Å². The zero-order valence-electron chi connectivity index (χ0n) is 6.49. The molecule has 1 N–H and O–H groups in total. The van der Waals surface area contributed by atoms with Crippen LogP contribution in [0.25, 0.3) is 16.6 Å². The third kappa shape index (κ3) is 1.78. The van der Waals surface area contributed by atoms with Crippen molar-refractivity contribution in [1.29, 1.82) is 0 Å². The second kappa shape index (κ2) is 4.21. The molecule has 12 heavy (non-hydrogen) atoms. The van der Waals surface area contributed by atoms with Gasteiger partial charge in [-0.25, -0.2) is 0 Å². The fourth-order valence-electron chi connectivity index (χ4n) is 1.10. The van der Waals surface area contributed by atoms with Gasteiger partial charge in [-0.2, -0.15) is 0 Å². The van der Waals surface area contributed by atoms with Crippen LogP contribution in [0.15, 0.2) is 36.5 Å². The predicted molar refractivity (Wildman–Crippen MR) is 45.7 cm³/mol. The van der Waals surface area contributed by atoms with Crippen LogP contribution in [0.2, 0.25) is 0 Å². The largest absolute Gasteiger partial charge is 0.697 e. The Hall–Kier alpha value is -0.128. The summed E-state index contributed by atoms with van der Waals surface area (Å²) in [7, 11) is 0. The summed E-state index contributed by atoms with van der Waals surface area (Å²) in [6.45, 7) is 0. The number of nitrogens with one attached hydrogen (secondary N) is 1. The maximum Gasteiger partial charge on any atom is 0.0551 e. The molecule has 0 atom stereocenters. The monoisotopic (exact) mass is 370 g/mol. The van der Waals surface area contributed by atoms with Crippen molar-refractivity contribution in [1.82, 2.24) is 4.98 Å². The van der Waals surface area contributed by atoms with Gasteiger partial charge in [0, 0.05) is 50.3 Å². The summed E-state index contributed by atoms with van der Waals surface area (Å²) in [5.41, 5.74) is 8.76. The first-order valence-corrected chi connectivity index (χ1v) is 3.43. The molecule has 1 heterocycles. The molecule has 57 valence electrons. The van der Waals surface area contributed by atoms with E-state index in [9.17, 15) is 0 Å². The van der Waals surface area contributed by atoms with E-state index in [0.717, 1.165) is 10.9 Å². The van der Waals surface area contributed by atoms with E-state index < -0.39 is 0 Å². The zero-order chi connectivity index (χ0) is 7.68. The van der Waals surface area contributed by atoms with Crippen molar-refractivity contribution in [2.45, 2.75) is 0 Å². The molecule has 2 rings (SSSR count). The molecule has 0 saturated carbocycles. The van der Waals surface area contributed by atoms with Gasteiger partial charge in [-0.05, 0) is 11.5 Å². The second-order valence-corrected chi connectivity index (χ2v) is 2.38. The van der Waals surface area contributed by atoms with Crippen LogP contribution < -0.4 is 0 Å². The van der Waals surface area contributed by atoms with Gasteiger partial charge in [-0.1, -0.05) is 24.3 Å². The molecule has 0 unspecified atom stereocenters. The number of para-hydroxylation sites is 1. The van der Waals surface area contributed by atoms with Crippen LogP contribution in [-0.2, 0) is 0 Å². The zero-order valence-corrected chi connectivity index (χ0v) is 11.2. The molecule has 0 aliphatic heterocycles. The van der Waals surface area contributed by atoms with Gasteiger partial charge in [0.2, 0.25) is 0 Å². The molecule has 2 aromatic rings. The van der Waals surface area contributed by atoms with E-state index in [1.165, 1.54) is 0 Å². The maximum absolute atomic E-state index is 7.50. The number of rotatable bonds is 0. The Labute approximate surface area is 107 Å². The van der Waals surface area contributed by atoms with Crippen LogP contribution in [0.5, 0.6) is 0 Å². The summed E-state index contributed by atoms with van der Waals surface area (Å²) in [5, 5.41) is 1.03. The average Bonchev–Trinajstić information content (AvgIpc) is 2.06. The van der Waals surface area contributed by atoms with Crippen molar-refractivity contribution in [3.05, 3.63) is 42.3 Å². The van der Waals surface area contributed by atoms with E-state index in [2.05, 4.69) is 4.98 Å². The van der Waals surface area contributed by atoms with Crippen molar-refractivity contribution in [3.8, 4) is 0 Å². The molecule has 0 spiro atoms. The Morgan fingerprint density at radius 3 is 2.58 bits per heavy atom. The number of pyridine rings is 1. The van der Waals surface area contributed by atoms with E-state index in [4.69, 9.17) is 5.73 Å². The number of aromatic nitrogens is 1. The summed E-state index contributed by atoms with van der Waals surface area (Å²) in [5.74, 6) is 0. The van der Waals surface area contributed by atoms with E-state index in [-0.39, 0.29) is 44.1 Å². The predicted octanol–water partition coefficient (Wildman–Crippen LogP) is 2.92. The maximum atomic E-state index is 7.50. The molecule has 1 aromatic carbocycles. The van der Waals surface area contributed by atoms with Crippen LogP contribution in [0, 0.1) is 44.1 Å². The molecule has 1 radical (unpaired) electrons. The summed E-state index contributed by atoms with van der Waals surface area (Å²) in [6, 6.07) is 9.41. The van der Waals surface area contributed by atoms with Crippen LogP contribution in [-0.4, -0.2) is 4.98 Å². The average molecular weight is 370 g/mol. The van der Waals surface area contributed by atoms with Gasteiger partial charge in [0.15, 0.2) is 0 Å². The Morgan fingerprint density at radius 2 is 1.83 bits per heavy atom. The normalized spacial score (nSPS) is 9.33. The van der Waals surface area contributed by atoms with E-state index in [1.807, 2.05) is 24.3 Å². The summed E-state index contributed by atoms with van der Waals surface area (Å²) >= 11 is 0. The molecule has 2 nitrogen and oxygen atoms in total. The van der Waals surface area contributed by atoms with E-state index >= 15 is 0 Å². The summed E-state index contributed by atoms with van der Waals surface area (Å²) < 4.78 is 0. The first kappa shape index (κ1) is 9.96. The number of hydrogen-bond acceptors (Lipinski definition) is 1. The number of hydrogen-bond donors (Lipinski definition) is 0. The molecule has 0 saturated heterocycles. The minimum Gasteiger partial charge on any atom is -0.697 e.